The lowest BCUT2D eigenvalue weighted by Gasteiger charge is -2.22. The summed E-state index contributed by atoms with van der Waals surface area (Å²) >= 11 is 0. The molecule has 0 fully saturated rings. The normalized spacial score (nSPS) is 10.6. The summed E-state index contributed by atoms with van der Waals surface area (Å²) in [4.78, 5) is 0. The standard InChI is InChI=1S/C15H20FN3/c1-8(2)12-6-11(7-17)14(16)13(9(3)4)15(12)19-10(5)18/h6,8-9,19H,5,18H2,1-4H3. The average molecular weight is 261 g/mol. The van der Waals surface area contributed by atoms with Gasteiger partial charge in [-0.25, -0.2) is 4.39 Å². The smallest absolute Gasteiger partial charge is 0.146 e. The predicted molar refractivity (Wildman–Crippen MR) is 76.2 cm³/mol. The van der Waals surface area contributed by atoms with Gasteiger partial charge < -0.3 is 11.1 Å². The molecule has 0 spiro atoms. The van der Waals surface area contributed by atoms with Gasteiger partial charge in [0.25, 0.3) is 0 Å². The van der Waals surface area contributed by atoms with Gasteiger partial charge in [0, 0.05) is 11.3 Å². The molecule has 0 atom stereocenters. The van der Waals surface area contributed by atoms with E-state index in [1.165, 1.54) is 0 Å². The van der Waals surface area contributed by atoms with Crippen LogP contribution in [0.5, 0.6) is 0 Å². The van der Waals surface area contributed by atoms with Crippen LogP contribution in [0.3, 0.4) is 0 Å². The maximum Gasteiger partial charge on any atom is 0.146 e. The second-order valence-corrected chi connectivity index (χ2v) is 5.19. The lowest BCUT2D eigenvalue weighted by atomic mass is 9.89. The number of hydrogen-bond donors (Lipinski definition) is 2. The summed E-state index contributed by atoms with van der Waals surface area (Å²) in [5.41, 5.74) is 7.64. The van der Waals surface area contributed by atoms with Gasteiger partial charge in [-0.15, -0.1) is 0 Å². The van der Waals surface area contributed by atoms with Crippen molar-refractivity contribution in [3.63, 3.8) is 0 Å². The van der Waals surface area contributed by atoms with Crippen LogP contribution in [0.2, 0.25) is 0 Å². The third-order valence-electron chi connectivity index (χ3n) is 2.94. The van der Waals surface area contributed by atoms with E-state index < -0.39 is 5.82 Å². The van der Waals surface area contributed by atoms with Crippen molar-refractivity contribution in [3.8, 4) is 6.07 Å². The second-order valence-electron chi connectivity index (χ2n) is 5.19. The lowest BCUT2D eigenvalue weighted by molar-refractivity contribution is 0.594. The van der Waals surface area contributed by atoms with Gasteiger partial charge in [0.15, 0.2) is 0 Å². The van der Waals surface area contributed by atoms with E-state index >= 15 is 0 Å². The third-order valence-corrected chi connectivity index (χ3v) is 2.94. The molecule has 0 aromatic heterocycles. The number of nitrogens with zero attached hydrogens (tertiary/aromatic N) is 1. The maximum atomic E-state index is 14.3. The average Bonchev–Trinajstić information content (AvgIpc) is 2.27. The largest absolute Gasteiger partial charge is 0.386 e. The quantitative estimate of drug-likeness (QED) is 0.866. The number of halogens is 1. The molecule has 0 saturated heterocycles. The van der Waals surface area contributed by atoms with Crippen molar-refractivity contribution >= 4 is 5.69 Å². The van der Waals surface area contributed by atoms with Crippen molar-refractivity contribution in [1.29, 1.82) is 5.26 Å². The Morgan fingerprint density at radius 1 is 1.37 bits per heavy atom. The van der Waals surface area contributed by atoms with Crippen LogP contribution in [0, 0.1) is 17.1 Å². The molecule has 0 bridgehead atoms. The number of nitrogens with one attached hydrogen (secondary N) is 1. The Labute approximate surface area is 113 Å². The molecule has 3 N–H and O–H groups in total. The molecule has 0 saturated carbocycles. The number of nitriles is 1. The van der Waals surface area contributed by atoms with Crippen LogP contribution in [0.25, 0.3) is 0 Å². The fourth-order valence-electron chi connectivity index (χ4n) is 2.08. The van der Waals surface area contributed by atoms with E-state index in [0.29, 0.717) is 11.3 Å². The molecule has 1 aromatic rings. The fourth-order valence-corrected chi connectivity index (χ4v) is 2.08. The number of benzene rings is 1. The zero-order valence-corrected chi connectivity index (χ0v) is 11.8. The first-order valence-corrected chi connectivity index (χ1v) is 6.27. The number of nitrogens with two attached hydrogens (primary N) is 1. The molecule has 4 heteroatoms. The molecule has 0 aliphatic heterocycles. The molecule has 102 valence electrons. The van der Waals surface area contributed by atoms with Crippen LogP contribution >= 0.6 is 0 Å². The topological polar surface area (TPSA) is 61.8 Å². The summed E-state index contributed by atoms with van der Waals surface area (Å²) in [6, 6.07) is 3.49. The van der Waals surface area contributed by atoms with Crippen LogP contribution < -0.4 is 11.1 Å². The van der Waals surface area contributed by atoms with Gasteiger partial charge in [-0.05, 0) is 23.5 Å². The summed E-state index contributed by atoms with van der Waals surface area (Å²) in [5, 5.41) is 12.0. The number of rotatable bonds is 4. The van der Waals surface area contributed by atoms with Crippen molar-refractivity contribution in [2.45, 2.75) is 39.5 Å². The van der Waals surface area contributed by atoms with Crippen molar-refractivity contribution in [2.24, 2.45) is 5.73 Å². The highest BCUT2D eigenvalue weighted by Gasteiger charge is 2.22. The van der Waals surface area contributed by atoms with Crippen molar-refractivity contribution in [1.82, 2.24) is 0 Å². The van der Waals surface area contributed by atoms with E-state index in [0.717, 1.165) is 5.56 Å². The number of anilines is 1. The van der Waals surface area contributed by atoms with E-state index in [1.54, 1.807) is 6.07 Å². The Morgan fingerprint density at radius 3 is 2.32 bits per heavy atom. The van der Waals surface area contributed by atoms with Gasteiger partial charge in [-0.1, -0.05) is 34.3 Å². The molecule has 1 aromatic carbocycles. The fraction of sp³-hybridized carbons (Fsp3) is 0.400. The van der Waals surface area contributed by atoms with E-state index in [1.807, 2.05) is 33.8 Å². The van der Waals surface area contributed by atoms with E-state index in [4.69, 9.17) is 11.0 Å². The molecule has 0 aliphatic rings. The first-order valence-electron chi connectivity index (χ1n) is 6.27. The van der Waals surface area contributed by atoms with Crippen LogP contribution in [-0.2, 0) is 0 Å². The molecule has 0 unspecified atom stereocenters. The van der Waals surface area contributed by atoms with Crippen molar-refractivity contribution < 1.29 is 4.39 Å². The summed E-state index contributed by atoms with van der Waals surface area (Å²) < 4.78 is 14.3. The van der Waals surface area contributed by atoms with E-state index in [9.17, 15) is 4.39 Å². The van der Waals surface area contributed by atoms with Gasteiger partial charge in [0.1, 0.15) is 11.9 Å². The molecule has 0 heterocycles. The van der Waals surface area contributed by atoms with Crippen LogP contribution in [0.15, 0.2) is 18.5 Å². The summed E-state index contributed by atoms with van der Waals surface area (Å²) in [5.74, 6) is -0.141. The van der Waals surface area contributed by atoms with E-state index in [2.05, 4.69) is 11.9 Å². The van der Waals surface area contributed by atoms with Crippen molar-refractivity contribution in [3.05, 3.63) is 41.0 Å². The maximum absolute atomic E-state index is 14.3. The zero-order valence-electron chi connectivity index (χ0n) is 11.8. The molecule has 0 radical (unpaired) electrons. The summed E-state index contributed by atoms with van der Waals surface area (Å²) in [7, 11) is 0. The minimum absolute atomic E-state index is 0.0624. The van der Waals surface area contributed by atoms with Gasteiger partial charge in [-0.3, -0.25) is 0 Å². The highest BCUT2D eigenvalue weighted by Crippen LogP contribution is 2.36. The Hall–Kier alpha value is -2.02. The first kappa shape index (κ1) is 15.0. The monoisotopic (exact) mass is 261 g/mol. The number of hydrogen-bond acceptors (Lipinski definition) is 3. The van der Waals surface area contributed by atoms with Crippen molar-refractivity contribution in [2.75, 3.05) is 5.32 Å². The Balaban J connectivity index is 3.68. The Kier molecular flexibility index (Phi) is 4.55. The first-order chi connectivity index (χ1) is 8.79. The van der Waals surface area contributed by atoms with Crippen LogP contribution in [-0.4, -0.2) is 0 Å². The van der Waals surface area contributed by atoms with E-state index in [-0.39, 0.29) is 23.2 Å². The minimum Gasteiger partial charge on any atom is -0.386 e. The lowest BCUT2D eigenvalue weighted by Crippen LogP contribution is -2.14. The highest BCUT2D eigenvalue weighted by molar-refractivity contribution is 5.65. The van der Waals surface area contributed by atoms with Gasteiger partial charge in [0.2, 0.25) is 0 Å². The minimum atomic E-state index is -0.481. The third kappa shape index (κ3) is 3.05. The van der Waals surface area contributed by atoms with Crippen LogP contribution in [0.1, 0.15) is 56.2 Å². The highest BCUT2D eigenvalue weighted by atomic mass is 19.1. The summed E-state index contributed by atoms with van der Waals surface area (Å²) in [6.07, 6.45) is 0. The SMILES string of the molecule is C=C(N)Nc1c(C(C)C)cc(C#N)c(F)c1C(C)C. The molecule has 0 aliphatic carbocycles. The second kappa shape index (κ2) is 5.75. The molecular formula is C15H20FN3. The van der Waals surface area contributed by atoms with Crippen LogP contribution in [0.4, 0.5) is 10.1 Å². The van der Waals surface area contributed by atoms with Gasteiger partial charge in [-0.2, -0.15) is 5.26 Å². The summed E-state index contributed by atoms with van der Waals surface area (Å²) in [6.45, 7) is 11.3. The zero-order chi connectivity index (χ0) is 14.7. The molecule has 3 nitrogen and oxygen atoms in total. The molecule has 19 heavy (non-hydrogen) atoms. The molecular weight excluding hydrogens is 241 g/mol. The molecule has 0 amide bonds. The van der Waals surface area contributed by atoms with Gasteiger partial charge in [0.05, 0.1) is 11.4 Å². The van der Waals surface area contributed by atoms with Gasteiger partial charge >= 0.3 is 0 Å². The Morgan fingerprint density at radius 2 is 1.95 bits per heavy atom. The molecule has 1 rings (SSSR count). The Bertz CT molecular complexity index is 539. The predicted octanol–water partition coefficient (Wildman–Crippen LogP) is 3.79.